The van der Waals surface area contributed by atoms with Gasteiger partial charge in [0, 0.05) is 34.5 Å². The second-order valence-electron chi connectivity index (χ2n) is 6.96. The number of hydrogen-bond acceptors (Lipinski definition) is 4. The summed E-state index contributed by atoms with van der Waals surface area (Å²) in [6.07, 6.45) is 1.81. The normalized spacial score (nSPS) is 11.8. The molecule has 0 aliphatic carbocycles. The maximum Gasteiger partial charge on any atom is 0.251 e. The first-order chi connectivity index (χ1) is 14.8. The van der Waals surface area contributed by atoms with Gasteiger partial charge in [0.15, 0.2) is 11.6 Å². The molecule has 2 aromatic carbocycles. The van der Waals surface area contributed by atoms with Crippen LogP contribution >= 0.6 is 23.2 Å². The number of halogens is 3. The molecule has 0 bridgehead atoms. The summed E-state index contributed by atoms with van der Waals surface area (Å²) in [5.41, 5.74) is 8.46. The van der Waals surface area contributed by atoms with E-state index in [1.165, 1.54) is 12.1 Å². The van der Waals surface area contributed by atoms with E-state index in [-0.39, 0.29) is 16.7 Å². The Kier molecular flexibility index (Phi) is 7.36. The van der Waals surface area contributed by atoms with Crippen LogP contribution in [0.3, 0.4) is 0 Å². The van der Waals surface area contributed by atoms with Crippen molar-refractivity contribution in [1.29, 1.82) is 0 Å². The molecule has 1 atom stereocenters. The van der Waals surface area contributed by atoms with Crippen LogP contribution in [0.4, 0.5) is 10.2 Å². The standard InChI is InChI=1S/C23H22Cl2FN3O2/c1-3-10-28-23(30)15-6-4-14(5-7-15)16-11-19(22(27)29-12-16)31-13(2)20-17(24)8-9-18(26)21(20)25/h4-9,11-13H,3,10H2,1-2H3,(H2,27,29)(H,28,30). The lowest BCUT2D eigenvalue weighted by Crippen LogP contribution is -2.23. The highest BCUT2D eigenvalue weighted by Crippen LogP contribution is 2.36. The first-order valence-corrected chi connectivity index (χ1v) is 10.5. The van der Waals surface area contributed by atoms with E-state index in [1.807, 2.05) is 19.1 Å². The maximum atomic E-state index is 13.9. The molecule has 162 valence electrons. The fourth-order valence-corrected chi connectivity index (χ4v) is 3.70. The van der Waals surface area contributed by atoms with E-state index in [1.54, 1.807) is 31.3 Å². The van der Waals surface area contributed by atoms with Crippen molar-refractivity contribution < 1.29 is 13.9 Å². The first kappa shape index (κ1) is 22.8. The van der Waals surface area contributed by atoms with Crippen molar-refractivity contribution in [3.63, 3.8) is 0 Å². The number of hydrogen-bond donors (Lipinski definition) is 2. The molecule has 0 saturated carbocycles. The second-order valence-corrected chi connectivity index (χ2v) is 7.74. The molecule has 3 aromatic rings. The zero-order chi connectivity index (χ0) is 22.5. The van der Waals surface area contributed by atoms with Crippen LogP contribution in [0.15, 0.2) is 48.7 Å². The Morgan fingerprint density at radius 2 is 1.90 bits per heavy atom. The lowest BCUT2D eigenvalue weighted by molar-refractivity contribution is 0.0953. The molecular formula is C23H22Cl2FN3O2. The summed E-state index contributed by atoms with van der Waals surface area (Å²) in [6.45, 7) is 4.32. The fourth-order valence-electron chi connectivity index (χ4n) is 3.03. The summed E-state index contributed by atoms with van der Waals surface area (Å²) in [5, 5.41) is 3.03. The van der Waals surface area contributed by atoms with Crippen LogP contribution < -0.4 is 15.8 Å². The maximum absolute atomic E-state index is 13.9. The van der Waals surface area contributed by atoms with Gasteiger partial charge in [-0.05, 0) is 49.2 Å². The van der Waals surface area contributed by atoms with Gasteiger partial charge in [0.25, 0.3) is 5.91 Å². The number of nitrogens with zero attached hydrogens (tertiary/aromatic N) is 1. The van der Waals surface area contributed by atoms with Crippen LogP contribution in [0, 0.1) is 5.82 Å². The van der Waals surface area contributed by atoms with Crippen molar-refractivity contribution in [3.05, 3.63) is 75.7 Å². The molecule has 1 amide bonds. The summed E-state index contributed by atoms with van der Waals surface area (Å²) < 4.78 is 19.8. The highest BCUT2D eigenvalue weighted by molar-refractivity contribution is 6.36. The highest BCUT2D eigenvalue weighted by Gasteiger charge is 2.20. The molecular weight excluding hydrogens is 440 g/mol. The first-order valence-electron chi connectivity index (χ1n) is 9.76. The Balaban J connectivity index is 1.84. The summed E-state index contributed by atoms with van der Waals surface area (Å²) in [4.78, 5) is 16.3. The second kappa shape index (κ2) is 9.98. The predicted molar refractivity (Wildman–Crippen MR) is 122 cm³/mol. The lowest BCUT2D eigenvalue weighted by atomic mass is 10.0. The van der Waals surface area contributed by atoms with E-state index in [0.29, 0.717) is 28.4 Å². The quantitative estimate of drug-likeness (QED) is 0.419. The molecule has 0 saturated heterocycles. The van der Waals surface area contributed by atoms with Gasteiger partial charge in [-0.3, -0.25) is 4.79 Å². The van der Waals surface area contributed by atoms with Crippen LogP contribution in [0.1, 0.15) is 42.3 Å². The Labute approximate surface area is 190 Å². The van der Waals surface area contributed by atoms with E-state index in [9.17, 15) is 9.18 Å². The Morgan fingerprint density at radius 3 is 2.58 bits per heavy atom. The molecule has 0 spiro atoms. The number of benzene rings is 2. The number of nitrogens with two attached hydrogens (primary N) is 1. The number of nitrogen functional groups attached to an aromatic ring is 1. The van der Waals surface area contributed by atoms with Crippen LogP contribution in [-0.2, 0) is 0 Å². The van der Waals surface area contributed by atoms with Gasteiger partial charge in [0.1, 0.15) is 11.9 Å². The van der Waals surface area contributed by atoms with Crippen molar-refractivity contribution >= 4 is 34.9 Å². The van der Waals surface area contributed by atoms with Gasteiger partial charge in [0.05, 0.1) is 5.02 Å². The molecule has 3 N–H and O–H groups in total. The summed E-state index contributed by atoms with van der Waals surface area (Å²) in [6, 6.07) is 11.5. The van der Waals surface area contributed by atoms with Gasteiger partial charge in [-0.1, -0.05) is 42.3 Å². The van der Waals surface area contributed by atoms with Crippen LogP contribution in [-0.4, -0.2) is 17.4 Å². The molecule has 8 heteroatoms. The van der Waals surface area contributed by atoms with E-state index in [2.05, 4.69) is 10.3 Å². The molecule has 0 aliphatic heterocycles. The predicted octanol–water partition coefficient (Wildman–Crippen LogP) is 6.06. The largest absolute Gasteiger partial charge is 0.482 e. The monoisotopic (exact) mass is 461 g/mol. The Bertz CT molecular complexity index is 1090. The minimum atomic E-state index is -0.667. The van der Waals surface area contributed by atoms with Gasteiger partial charge in [-0.2, -0.15) is 0 Å². The van der Waals surface area contributed by atoms with E-state index >= 15 is 0 Å². The fraction of sp³-hybridized carbons (Fsp3) is 0.217. The number of aromatic nitrogens is 1. The SMILES string of the molecule is CCCNC(=O)c1ccc(-c2cnc(N)c(OC(C)c3c(Cl)ccc(F)c3Cl)c2)cc1. The number of carbonyl (C=O) groups excluding carboxylic acids is 1. The number of pyridine rings is 1. The average molecular weight is 462 g/mol. The number of nitrogens with one attached hydrogen (secondary N) is 1. The van der Waals surface area contributed by atoms with Gasteiger partial charge >= 0.3 is 0 Å². The lowest BCUT2D eigenvalue weighted by Gasteiger charge is -2.19. The van der Waals surface area contributed by atoms with E-state index < -0.39 is 11.9 Å². The number of anilines is 1. The van der Waals surface area contributed by atoms with Crippen molar-refractivity contribution in [2.45, 2.75) is 26.4 Å². The number of rotatable bonds is 7. The molecule has 1 unspecified atom stereocenters. The molecule has 1 aromatic heterocycles. The van der Waals surface area contributed by atoms with E-state index in [0.717, 1.165) is 17.5 Å². The number of carbonyl (C=O) groups is 1. The molecule has 31 heavy (non-hydrogen) atoms. The topological polar surface area (TPSA) is 77.2 Å². The third-order valence-corrected chi connectivity index (χ3v) is 5.40. The summed E-state index contributed by atoms with van der Waals surface area (Å²) in [5.74, 6) is -0.217. The average Bonchev–Trinajstić information content (AvgIpc) is 2.76. The Morgan fingerprint density at radius 1 is 1.19 bits per heavy atom. The molecule has 3 rings (SSSR count). The highest BCUT2D eigenvalue weighted by atomic mass is 35.5. The molecule has 0 fully saturated rings. The molecule has 0 radical (unpaired) electrons. The zero-order valence-corrected chi connectivity index (χ0v) is 18.6. The van der Waals surface area contributed by atoms with Gasteiger partial charge in [0.2, 0.25) is 0 Å². The molecule has 5 nitrogen and oxygen atoms in total. The Hall–Kier alpha value is -2.83. The van der Waals surface area contributed by atoms with Crippen LogP contribution in [0.5, 0.6) is 5.75 Å². The summed E-state index contributed by atoms with van der Waals surface area (Å²) in [7, 11) is 0. The molecule has 1 heterocycles. The van der Waals surface area contributed by atoms with Gasteiger partial charge in [-0.15, -0.1) is 0 Å². The number of ether oxygens (including phenoxy) is 1. The minimum absolute atomic E-state index is 0.0976. The number of amides is 1. The van der Waals surface area contributed by atoms with E-state index in [4.69, 9.17) is 33.7 Å². The van der Waals surface area contributed by atoms with Gasteiger partial charge in [-0.25, -0.2) is 9.37 Å². The third kappa shape index (κ3) is 5.27. The zero-order valence-electron chi connectivity index (χ0n) is 17.1. The summed E-state index contributed by atoms with van der Waals surface area (Å²) >= 11 is 12.3. The van der Waals surface area contributed by atoms with Gasteiger partial charge < -0.3 is 15.8 Å². The smallest absolute Gasteiger partial charge is 0.251 e. The van der Waals surface area contributed by atoms with Crippen LogP contribution in [0.25, 0.3) is 11.1 Å². The van der Waals surface area contributed by atoms with Crippen molar-refractivity contribution in [3.8, 4) is 16.9 Å². The van der Waals surface area contributed by atoms with Crippen molar-refractivity contribution in [1.82, 2.24) is 10.3 Å². The van der Waals surface area contributed by atoms with Crippen LogP contribution in [0.2, 0.25) is 10.0 Å². The van der Waals surface area contributed by atoms with Crippen molar-refractivity contribution in [2.75, 3.05) is 12.3 Å². The van der Waals surface area contributed by atoms with Crippen molar-refractivity contribution in [2.24, 2.45) is 0 Å². The molecule has 0 aliphatic rings. The third-order valence-electron chi connectivity index (χ3n) is 4.69. The minimum Gasteiger partial charge on any atom is -0.482 e.